The van der Waals surface area contributed by atoms with Gasteiger partial charge in [-0.15, -0.1) is 0 Å². The fourth-order valence-electron chi connectivity index (χ4n) is 0.601. The molecule has 3 heteroatoms. The van der Waals surface area contributed by atoms with Crippen molar-refractivity contribution in [2.24, 2.45) is 0 Å². The molecule has 0 heterocycles. The van der Waals surface area contributed by atoms with Crippen LogP contribution in [-0.4, -0.2) is 30.1 Å². The van der Waals surface area contributed by atoms with Gasteiger partial charge in [0.1, 0.15) is 6.73 Å². The van der Waals surface area contributed by atoms with E-state index in [9.17, 15) is 4.79 Å². The third-order valence-corrected chi connectivity index (χ3v) is 1.09. The van der Waals surface area contributed by atoms with E-state index in [2.05, 4.69) is 0 Å². The van der Waals surface area contributed by atoms with Crippen molar-refractivity contribution >= 4 is 6.29 Å². The maximum atomic E-state index is 10.3. The van der Waals surface area contributed by atoms with Crippen LogP contribution < -0.4 is 0 Å². The van der Waals surface area contributed by atoms with Crippen LogP contribution >= 0.6 is 0 Å². The van der Waals surface area contributed by atoms with E-state index in [0.717, 1.165) is 6.29 Å². The van der Waals surface area contributed by atoms with Gasteiger partial charge in [-0.2, -0.15) is 0 Å². The summed E-state index contributed by atoms with van der Waals surface area (Å²) in [5, 5.41) is 8.59. The molecule has 0 spiro atoms. The molecule has 0 rings (SSSR count). The molecule has 0 aromatic carbocycles. The lowest BCUT2D eigenvalue weighted by Crippen LogP contribution is -2.12. The van der Waals surface area contributed by atoms with Crippen LogP contribution in [0, 0.1) is 0 Å². The van der Waals surface area contributed by atoms with Gasteiger partial charge >= 0.3 is 0 Å². The van der Waals surface area contributed by atoms with Crippen LogP contribution in [0.2, 0.25) is 0 Å². The molecule has 0 atom stereocenters. The topological polar surface area (TPSA) is 40.5 Å². The Kier molecular flexibility index (Phi) is 5.11. The number of nitrogens with zero attached hydrogens (tertiary/aromatic N) is 1. The molecule has 0 unspecified atom stereocenters. The molecule has 0 fully saturated rings. The van der Waals surface area contributed by atoms with Gasteiger partial charge in [0, 0.05) is 18.8 Å². The van der Waals surface area contributed by atoms with Crippen molar-refractivity contribution in [1.82, 2.24) is 4.90 Å². The monoisotopic (exact) mass is 155 g/mol. The van der Waals surface area contributed by atoms with Crippen molar-refractivity contribution in [3.63, 3.8) is 0 Å². The second-order valence-electron chi connectivity index (χ2n) is 2.15. The van der Waals surface area contributed by atoms with E-state index in [-0.39, 0.29) is 6.73 Å². The summed E-state index contributed by atoms with van der Waals surface area (Å²) in [6.45, 7) is 1.74. The number of rotatable bonds is 4. The molecule has 0 aromatic heterocycles. The van der Waals surface area contributed by atoms with E-state index < -0.39 is 0 Å². The Morgan fingerprint density at radius 3 is 2.64 bits per heavy atom. The number of aliphatic hydroxyl groups is 1. The van der Waals surface area contributed by atoms with Crippen molar-refractivity contribution < 1.29 is 9.90 Å². The molecular formula is C8H13NO2. The predicted molar refractivity (Wildman–Crippen MR) is 43.8 cm³/mol. The normalized spacial score (nSPS) is 12.1. The van der Waals surface area contributed by atoms with Crippen molar-refractivity contribution in [2.75, 3.05) is 13.8 Å². The first-order valence-corrected chi connectivity index (χ1v) is 3.35. The first-order valence-electron chi connectivity index (χ1n) is 3.35. The molecule has 0 saturated carbocycles. The Labute approximate surface area is 66.6 Å². The number of hydrogen-bond donors (Lipinski definition) is 1. The molecule has 0 aliphatic carbocycles. The zero-order chi connectivity index (χ0) is 8.69. The van der Waals surface area contributed by atoms with Gasteiger partial charge in [-0.25, -0.2) is 0 Å². The number of carbonyl (C=O) groups is 1. The number of aldehydes is 1. The standard InChI is InChI=1S/C8H13NO2/c1-3-4-8(6-10)5-9(2)7-11/h3-6,11H,7H2,1-2H3/b4-3-,8-5+. The molecule has 3 nitrogen and oxygen atoms in total. The van der Waals surface area contributed by atoms with Gasteiger partial charge in [-0.3, -0.25) is 4.79 Å². The zero-order valence-electron chi connectivity index (χ0n) is 6.82. The molecule has 11 heavy (non-hydrogen) atoms. The molecule has 0 aliphatic heterocycles. The summed E-state index contributed by atoms with van der Waals surface area (Å²) < 4.78 is 0. The summed E-state index contributed by atoms with van der Waals surface area (Å²) in [5.41, 5.74) is 0.545. The highest BCUT2D eigenvalue weighted by Gasteiger charge is 1.90. The average molecular weight is 155 g/mol. The summed E-state index contributed by atoms with van der Waals surface area (Å²) in [4.78, 5) is 11.8. The summed E-state index contributed by atoms with van der Waals surface area (Å²) in [5.74, 6) is 0. The van der Waals surface area contributed by atoms with Gasteiger partial charge in [-0.1, -0.05) is 12.2 Å². The van der Waals surface area contributed by atoms with Crippen LogP contribution in [0.25, 0.3) is 0 Å². The molecule has 0 saturated heterocycles. The summed E-state index contributed by atoms with van der Waals surface area (Å²) >= 11 is 0. The predicted octanol–water partition coefficient (Wildman–Crippen LogP) is 0.527. The molecule has 0 amide bonds. The lowest BCUT2D eigenvalue weighted by molar-refractivity contribution is -0.104. The number of aliphatic hydroxyl groups excluding tert-OH is 1. The first kappa shape index (κ1) is 9.91. The fourth-order valence-corrected chi connectivity index (χ4v) is 0.601. The summed E-state index contributed by atoms with van der Waals surface area (Å²) in [6.07, 6.45) is 5.77. The quantitative estimate of drug-likeness (QED) is 0.278. The zero-order valence-corrected chi connectivity index (χ0v) is 6.82. The van der Waals surface area contributed by atoms with E-state index in [1.165, 1.54) is 4.90 Å². The smallest absolute Gasteiger partial charge is 0.151 e. The minimum Gasteiger partial charge on any atom is -0.376 e. The van der Waals surface area contributed by atoms with Gasteiger partial charge < -0.3 is 10.0 Å². The van der Waals surface area contributed by atoms with E-state index >= 15 is 0 Å². The van der Waals surface area contributed by atoms with Gasteiger partial charge in [0.2, 0.25) is 0 Å². The molecule has 0 radical (unpaired) electrons. The fraction of sp³-hybridized carbons (Fsp3) is 0.375. The Bertz CT molecular complexity index is 173. The molecule has 0 aliphatic rings. The number of carbonyl (C=O) groups excluding carboxylic acids is 1. The van der Waals surface area contributed by atoms with Crippen LogP contribution in [0.5, 0.6) is 0 Å². The molecule has 62 valence electrons. The van der Waals surface area contributed by atoms with Gasteiger partial charge in [0.05, 0.1) is 0 Å². The average Bonchev–Trinajstić information content (AvgIpc) is 2.03. The number of allylic oxidation sites excluding steroid dienone is 3. The molecule has 1 N–H and O–H groups in total. The largest absolute Gasteiger partial charge is 0.376 e. The Morgan fingerprint density at radius 2 is 2.27 bits per heavy atom. The maximum absolute atomic E-state index is 10.3. The van der Waals surface area contributed by atoms with E-state index in [1.807, 2.05) is 6.92 Å². The van der Waals surface area contributed by atoms with Crippen molar-refractivity contribution in [1.29, 1.82) is 0 Å². The van der Waals surface area contributed by atoms with Gasteiger partial charge in [0.25, 0.3) is 0 Å². The van der Waals surface area contributed by atoms with Crippen LogP contribution in [-0.2, 0) is 4.79 Å². The van der Waals surface area contributed by atoms with Crippen LogP contribution in [0.3, 0.4) is 0 Å². The van der Waals surface area contributed by atoms with Crippen LogP contribution in [0.1, 0.15) is 6.92 Å². The van der Waals surface area contributed by atoms with Crippen molar-refractivity contribution in [3.8, 4) is 0 Å². The van der Waals surface area contributed by atoms with Crippen LogP contribution in [0.4, 0.5) is 0 Å². The van der Waals surface area contributed by atoms with Crippen molar-refractivity contribution in [2.45, 2.75) is 6.92 Å². The first-order chi connectivity index (χ1) is 5.24. The highest BCUT2D eigenvalue weighted by molar-refractivity contribution is 5.77. The van der Waals surface area contributed by atoms with E-state index in [1.54, 1.807) is 25.4 Å². The van der Waals surface area contributed by atoms with E-state index in [0.29, 0.717) is 5.57 Å². The van der Waals surface area contributed by atoms with Gasteiger partial charge in [-0.05, 0) is 6.92 Å². The third kappa shape index (κ3) is 4.33. The lowest BCUT2D eigenvalue weighted by atomic mass is 10.3. The van der Waals surface area contributed by atoms with Gasteiger partial charge in [0.15, 0.2) is 6.29 Å². The minimum atomic E-state index is -0.0884. The van der Waals surface area contributed by atoms with Crippen molar-refractivity contribution in [3.05, 3.63) is 23.9 Å². The second kappa shape index (κ2) is 5.68. The maximum Gasteiger partial charge on any atom is 0.151 e. The highest BCUT2D eigenvalue weighted by Crippen LogP contribution is 1.94. The second-order valence-corrected chi connectivity index (χ2v) is 2.15. The Balaban J connectivity index is 4.21. The van der Waals surface area contributed by atoms with Crippen LogP contribution in [0.15, 0.2) is 23.9 Å². The summed E-state index contributed by atoms with van der Waals surface area (Å²) in [6, 6.07) is 0. The Hall–Kier alpha value is -1.09. The highest BCUT2D eigenvalue weighted by atomic mass is 16.3. The Morgan fingerprint density at radius 1 is 1.64 bits per heavy atom. The molecule has 0 aromatic rings. The number of hydrogen-bond acceptors (Lipinski definition) is 3. The third-order valence-electron chi connectivity index (χ3n) is 1.09. The molecular weight excluding hydrogens is 142 g/mol. The SMILES string of the molecule is C/C=C\C(C=O)=C/N(C)CO. The lowest BCUT2D eigenvalue weighted by Gasteiger charge is -2.08. The molecule has 0 bridgehead atoms. The minimum absolute atomic E-state index is 0.0884. The van der Waals surface area contributed by atoms with E-state index in [4.69, 9.17) is 5.11 Å². The summed E-state index contributed by atoms with van der Waals surface area (Å²) in [7, 11) is 1.69.